The van der Waals surface area contributed by atoms with Gasteiger partial charge in [-0.2, -0.15) is 0 Å². The maximum absolute atomic E-state index is 11.5. The molecule has 1 rings (SSSR count). The molecule has 0 fully saturated rings. The molecule has 0 spiro atoms. The Hall–Kier alpha value is -2.44. The molecule has 1 N–H and O–H groups in total. The van der Waals surface area contributed by atoms with E-state index in [9.17, 15) is 9.59 Å². The molecule has 0 aliphatic heterocycles. The molecule has 0 bridgehead atoms. The molecule has 0 amide bonds. The van der Waals surface area contributed by atoms with Gasteiger partial charge in [0.1, 0.15) is 5.82 Å². The third-order valence-electron chi connectivity index (χ3n) is 2.21. The van der Waals surface area contributed by atoms with E-state index in [0.29, 0.717) is 5.82 Å². The van der Waals surface area contributed by atoms with E-state index in [-0.39, 0.29) is 18.5 Å². The average molecular weight is 279 g/mol. The standard InChI is InChI=1S/C13H17N3O4/c1-4-20-13(18)12-14-8-7-10(16-12)15-9(2)5-6-11(17)19-3/h5-9H,4H2,1-3H3,(H,14,15,16)/b6-5+. The molecular formula is C13H17N3O4. The van der Waals surface area contributed by atoms with Crippen molar-refractivity contribution in [2.24, 2.45) is 0 Å². The number of rotatable bonds is 6. The van der Waals surface area contributed by atoms with Gasteiger partial charge < -0.3 is 14.8 Å². The summed E-state index contributed by atoms with van der Waals surface area (Å²) in [6, 6.07) is 1.45. The minimum Gasteiger partial charge on any atom is -0.466 e. The van der Waals surface area contributed by atoms with Crippen LogP contribution in [0.15, 0.2) is 24.4 Å². The summed E-state index contributed by atoms with van der Waals surface area (Å²) in [7, 11) is 1.31. The van der Waals surface area contributed by atoms with Crippen LogP contribution in [0.2, 0.25) is 0 Å². The van der Waals surface area contributed by atoms with Gasteiger partial charge in [-0.3, -0.25) is 0 Å². The van der Waals surface area contributed by atoms with Crippen molar-refractivity contribution >= 4 is 17.8 Å². The summed E-state index contributed by atoms with van der Waals surface area (Å²) in [5, 5.41) is 3.01. The Labute approximate surface area is 117 Å². The number of carbonyl (C=O) groups is 2. The Bertz CT molecular complexity index is 502. The molecule has 7 heteroatoms. The number of carbonyl (C=O) groups excluding carboxylic acids is 2. The van der Waals surface area contributed by atoms with Crippen LogP contribution in [0.25, 0.3) is 0 Å². The average Bonchev–Trinajstić information content (AvgIpc) is 2.45. The molecule has 0 saturated carbocycles. The fourth-order valence-electron chi connectivity index (χ4n) is 1.31. The zero-order chi connectivity index (χ0) is 15.0. The smallest absolute Gasteiger partial charge is 0.376 e. The van der Waals surface area contributed by atoms with Crippen LogP contribution in [0.5, 0.6) is 0 Å². The number of aromatic nitrogens is 2. The number of esters is 2. The third kappa shape index (κ3) is 5.05. The number of hydrogen-bond acceptors (Lipinski definition) is 7. The zero-order valence-electron chi connectivity index (χ0n) is 11.6. The van der Waals surface area contributed by atoms with Crippen molar-refractivity contribution < 1.29 is 19.1 Å². The van der Waals surface area contributed by atoms with Crippen LogP contribution in [0, 0.1) is 0 Å². The fraction of sp³-hybridized carbons (Fsp3) is 0.385. The van der Waals surface area contributed by atoms with Crippen LogP contribution in [0.3, 0.4) is 0 Å². The van der Waals surface area contributed by atoms with Crippen LogP contribution in [0.1, 0.15) is 24.5 Å². The van der Waals surface area contributed by atoms with Gasteiger partial charge in [0, 0.05) is 18.3 Å². The van der Waals surface area contributed by atoms with Crippen molar-refractivity contribution in [2.45, 2.75) is 19.9 Å². The van der Waals surface area contributed by atoms with Gasteiger partial charge in [-0.15, -0.1) is 0 Å². The number of ether oxygens (including phenoxy) is 2. The maximum Gasteiger partial charge on any atom is 0.376 e. The minimum atomic E-state index is -0.575. The lowest BCUT2D eigenvalue weighted by Gasteiger charge is -2.10. The molecule has 1 atom stereocenters. The predicted molar refractivity (Wildman–Crippen MR) is 72.2 cm³/mol. The van der Waals surface area contributed by atoms with Gasteiger partial charge in [0.15, 0.2) is 0 Å². The molecule has 0 aliphatic carbocycles. The Kier molecular flexibility index (Phi) is 6.15. The van der Waals surface area contributed by atoms with Gasteiger partial charge in [-0.05, 0) is 19.9 Å². The topological polar surface area (TPSA) is 90.4 Å². The molecule has 1 unspecified atom stereocenters. The molecule has 1 heterocycles. The summed E-state index contributed by atoms with van der Waals surface area (Å²) in [6.45, 7) is 3.80. The number of anilines is 1. The zero-order valence-corrected chi connectivity index (χ0v) is 11.6. The summed E-state index contributed by atoms with van der Waals surface area (Å²) in [4.78, 5) is 30.3. The van der Waals surface area contributed by atoms with Crippen molar-refractivity contribution in [3.05, 3.63) is 30.2 Å². The lowest BCUT2D eigenvalue weighted by atomic mass is 10.3. The van der Waals surface area contributed by atoms with E-state index in [2.05, 4.69) is 20.0 Å². The predicted octanol–water partition coefficient (Wildman–Crippen LogP) is 1.18. The van der Waals surface area contributed by atoms with Crippen molar-refractivity contribution in [1.29, 1.82) is 0 Å². The van der Waals surface area contributed by atoms with Crippen LogP contribution in [-0.2, 0) is 14.3 Å². The lowest BCUT2D eigenvalue weighted by Crippen LogP contribution is -2.16. The monoisotopic (exact) mass is 279 g/mol. The van der Waals surface area contributed by atoms with Gasteiger partial charge >= 0.3 is 11.9 Å². The Morgan fingerprint density at radius 3 is 2.90 bits per heavy atom. The first-order valence-electron chi connectivity index (χ1n) is 6.09. The SMILES string of the molecule is CCOC(=O)c1nccc(NC(C)/C=C/C(=O)OC)n1. The van der Waals surface area contributed by atoms with E-state index >= 15 is 0 Å². The van der Waals surface area contributed by atoms with E-state index in [4.69, 9.17) is 4.74 Å². The highest BCUT2D eigenvalue weighted by atomic mass is 16.5. The van der Waals surface area contributed by atoms with Gasteiger partial charge in [0.2, 0.25) is 5.82 Å². The van der Waals surface area contributed by atoms with Crippen molar-refractivity contribution in [1.82, 2.24) is 9.97 Å². The van der Waals surface area contributed by atoms with Gasteiger partial charge in [-0.25, -0.2) is 19.6 Å². The lowest BCUT2D eigenvalue weighted by molar-refractivity contribution is -0.134. The highest BCUT2D eigenvalue weighted by Crippen LogP contribution is 2.06. The van der Waals surface area contributed by atoms with Crippen LogP contribution in [-0.4, -0.2) is 41.7 Å². The minimum absolute atomic E-state index is 0.0130. The number of hydrogen-bond donors (Lipinski definition) is 1. The highest BCUT2D eigenvalue weighted by Gasteiger charge is 2.11. The first-order chi connectivity index (χ1) is 9.56. The molecule has 0 aromatic carbocycles. The van der Waals surface area contributed by atoms with Crippen molar-refractivity contribution in [3.8, 4) is 0 Å². The summed E-state index contributed by atoms with van der Waals surface area (Å²) < 4.78 is 9.30. The summed E-state index contributed by atoms with van der Waals surface area (Å²) >= 11 is 0. The Balaban J connectivity index is 2.68. The van der Waals surface area contributed by atoms with Crippen LogP contribution >= 0.6 is 0 Å². The Morgan fingerprint density at radius 1 is 1.50 bits per heavy atom. The van der Waals surface area contributed by atoms with E-state index in [1.807, 2.05) is 6.92 Å². The largest absolute Gasteiger partial charge is 0.466 e. The number of nitrogens with zero attached hydrogens (tertiary/aromatic N) is 2. The summed E-state index contributed by atoms with van der Waals surface area (Å²) in [5.41, 5.74) is 0. The van der Waals surface area contributed by atoms with Gasteiger partial charge in [0.25, 0.3) is 0 Å². The molecule has 0 aliphatic rings. The molecule has 0 saturated heterocycles. The van der Waals surface area contributed by atoms with Crippen LogP contribution < -0.4 is 5.32 Å². The second kappa shape index (κ2) is 7.88. The first kappa shape index (κ1) is 15.6. The highest BCUT2D eigenvalue weighted by molar-refractivity contribution is 5.85. The molecule has 1 aromatic rings. The molecule has 0 radical (unpaired) electrons. The van der Waals surface area contributed by atoms with E-state index in [1.54, 1.807) is 19.1 Å². The molecule has 7 nitrogen and oxygen atoms in total. The quantitative estimate of drug-likeness (QED) is 0.617. The van der Waals surface area contributed by atoms with Gasteiger partial charge in [-0.1, -0.05) is 6.08 Å². The first-order valence-corrected chi connectivity index (χ1v) is 6.09. The molecule has 108 valence electrons. The second-order valence-electron chi connectivity index (χ2n) is 3.80. The molecular weight excluding hydrogens is 262 g/mol. The van der Waals surface area contributed by atoms with Crippen molar-refractivity contribution in [3.63, 3.8) is 0 Å². The summed E-state index contributed by atoms with van der Waals surface area (Å²) in [6.07, 6.45) is 4.39. The van der Waals surface area contributed by atoms with Crippen LogP contribution in [0.4, 0.5) is 5.82 Å². The maximum atomic E-state index is 11.5. The second-order valence-corrected chi connectivity index (χ2v) is 3.80. The van der Waals surface area contributed by atoms with E-state index in [1.165, 1.54) is 19.4 Å². The Morgan fingerprint density at radius 2 is 2.25 bits per heavy atom. The van der Waals surface area contributed by atoms with E-state index < -0.39 is 11.9 Å². The number of methoxy groups -OCH3 is 1. The molecule has 20 heavy (non-hydrogen) atoms. The molecule has 1 aromatic heterocycles. The third-order valence-corrected chi connectivity index (χ3v) is 2.21. The number of nitrogens with one attached hydrogen (secondary N) is 1. The van der Waals surface area contributed by atoms with Crippen molar-refractivity contribution in [2.75, 3.05) is 19.0 Å². The van der Waals surface area contributed by atoms with E-state index in [0.717, 1.165) is 0 Å². The van der Waals surface area contributed by atoms with Gasteiger partial charge in [0.05, 0.1) is 13.7 Å². The summed E-state index contributed by atoms with van der Waals surface area (Å²) in [5.74, 6) is -0.562. The normalized spacial score (nSPS) is 11.9. The fourth-order valence-corrected chi connectivity index (χ4v) is 1.31.